The third-order valence-electron chi connectivity index (χ3n) is 0.542. The van der Waals surface area contributed by atoms with Crippen LogP contribution in [0.25, 0.3) is 0 Å². The van der Waals surface area contributed by atoms with Crippen LogP contribution in [-0.4, -0.2) is 16.7 Å². The highest BCUT2D eigenvalue weighted by Crippen LogP contribution is 2.14. The summed E-state index contributed by atoms with van der Waals surface area (Å²) in [4.78, 5) is 10.2. The Balaban J connectivity index is 0. The molecule has 0 aromatic rings. The minimum absolute atomic E-state index is 0. The van der Waals surface area contributed by atoms with Gasteiger partial charge in [-0.25, -0.2) is 9.78 Å². The van der Waals surface area contributed by atoms with Gasteiger partial charge in [-0.1, -0.05) is 0 Å². The molecule has 0 radical (unpaired) electrons. The van der Waals surface area contributed by atoms with Gasteiger partial charge in [0.1, 0.15) is 0 Å². The highest BCUT2D eigenvalue weighted by Gasteiger charge is 2.18. The summed E-state index contributed by atoms with van der Waals surface area (Å²) in [5.41, 5.74) is -0.430. The van der Waals surface area contributed by atoms with E-state index in [0.29, 0.717) is 0 Å². The normalized spacial score (nSPS) is 12.5. The van der Waals surface area contributed by atoms with E-state index in [1.807, 2.05) is 41.5 Å². The monoisotopic (exact) mass is 164 g/mol. The molecule has 0 aromatic carbocycles. The standard InChI is InChI=1S/C8H18O2.H2O/c1-7(2,3)9-10-8(4,5)6;/h1-6H3;1H2. The first kappa shape index (κ1) is 13.5. The molecule has 0 saturated carbocycles. The van der Waals surface area contributed by atoms with Gasteiger partial charge in [-0.05, 0) is 41.5 Å². The maximum atomic E-state index is 5.09. The van der Waals surface area contributed by atoms with Crippen molar-refractivity contribution in [2.75, 3.05) is 0 Å². The van der Waals surface area contributed by atoms with Crippen molar-refractivity contribution >= 4 is 0 Å². The molecule has 0 aliphatic rings. The molecule has 0 amide bonds. The molecule has 2 N–H and O–H groups in total. The van der Waals surface area contributed by atoms with Crippen LogP contribution in [0.15, 0.2) is 0 Å². The zero-order chi connectivity index (χ0) is 8.41. The first-order valence-corrected chi connectivity index (χ1v) is 3.57. The van der Waals surface area contributed by atoms with Crippen molar-refractivity contribution in [1.29, 1.82) is 0 Å². The van der Waals surface area contributed by atoms with Gasteiger partial charge in [-0.3, -0.25) is 0 Å². The quantitative estimate of drug-likeness (QED) is 0.437. The van der Waals surface area contributed by atoms with Gasteiger partial charge in [0.15, 0.2) is 0 Å². The van der Waals surface area contributed by atoms with Gasteiger partial charge < -0.3 is 5.48 Å². The van der Waals surface area contributed by atoms with Crippen molar-refractivity contribution in [1.82, 2.24) is 0 Å². The van der Waals surface area contributed by atoms with E-state index in [-0.39, 0.29) is 16.7 Å². The van der Waals surface area contributed by atoms with E-state index in [0.717, 1.165) is 0 Å². The van der Waals surface area contributed by atoms with Gasteiger partial charge in [0.05, 0.1) is 11.2 Å². The molecule has 0 bridgehead atoms. The van der Waals surface area contributed by atoms with E-state index in [1.54, 1.807) is 0 Å². The Morgan fingerprint density at radius 1 is 0.636 bits per heavy atom. The summed E-state index contributed by atoms with van der Waals surface area (Å²) in [6, 6.07) is 0. The zero-order valence-electron chi connectivity index (χ0n) is 8.32. The van der Waals surface area contributed by atoms with Crippen molar-refractivity contribution in [2.24, 2.45) is 0 Å². The minimum Gasteiger partial charge on any atom is -0.412 e. The van der Waals surface area contributed by atoms with Gasteiger partial charge in [-0.15, -0.1) is 0 Å². The summed E-state index contributed by atoms with van der Waals surface area (Å²) in [6.07, 6.45) is 0. The molecule has 0 fully saturated rings. The highest BCUT2D eigenvalue weighted by molar-refractivity contribution is 4.58. The van der Waals surface area contributed by atoms with E-state index in [2.05, 4.69) is 0 Å². The number of hydrogen-bond donors (Lipinski definition) is 0. The maximum absolute atomic E-state index is 5.09. The third kappa shape index (κ3) is 13.0. The molecule has 0 spiro atoms. The third-order valence-corrected chi connectivity index (χ3v) is 0.542. The summed E-state index contributed by atoms with van der Waals surface area (Å²) >= 11 is 0. The number of rotatable bonds is 1. The fraction of sp³-hybridized carbons (Fsp3) is 1.00. The van der Waals surface area contributed by atoms with Gasteiger partial charge >= 0.3 is 0 Å². The van der Waals surface area contributed by atoms with Crippen LogP contribution in [0.2, 0.25) is 0 Å². The van der Waals surface area contributed by atoms with Crippen LogP contribution in [0.4, 0.5) is 0 Å². The van der Waals surface area contributed by atoms with Gasteiger partial charge in [0.25, 0.3) is 0 Å². The van der Waals surface area contributed by atoms with Gasteiger partial charge in [0, 0.05) is 0 Å². The fourth-order valence-electron chi connectivity index (χ4n) is 0.250. The second kappa shape index (κ2) is 4.04. The lowest BCUT2D eigenvalue weighted by Crippen LogP contribution is -2.27. The van der Waals surface area contributed by atoms with Crippen LogP contribution in [0.3, 0.4) is 0 Å². The van der Waals surface area contributed by atoms with Crippen LogP contribution < -0.4 is 0 Å². The van der Waals surface area contributed by atoms with Crippen LogP contribution in [-0.2, 0) is 9.78 Å². The van der Waals surface area contributed by atoms with E-state index < -0.39 is 0 Å². The molecular formula is C8H20O3. The summed E-state index contributed by atoms with van der Waals surface area (Å²) in [5.74, 6) is 0. The Bertz CT molecular complexity index is 82.9. The molecule has 0 aliphatic carbocycles. The molecule has 0 aromatic heterocycles. The molecule has 0 aliphatic heterocycles. The smallest absolute Gasteiger partial charge is 0.0952 e. The SMILES string of the molecule is CC(C)(C)OOC(C)(C)C.O. The van der Waals surface area contributed by atoms with E-state index in [9.17, 15) is 0 Å². The molecule has 70 valence electrons. The summed E-state index contributed by atoms with van der Waals surface area (Å²) < 4.78 is 0. The van der Waals surface area contributed by atoms with Crippen molar-refractivity contribution in [3.63, 3.8) is 0 Å². The van der Waals surface area contributed by atoms with Crippen molar-refractivity contribution in [3.8, 4) is 0 Å². The second-order valence-corrected chi connectivity index (χ2v) is 4.39. The second-order valence-electron chi connectivity index (χ2n) is 4.39. The average molecular weight is 164 g/mol. The zero-order valence-corrected chi connectivity index (χ0v) is 8.32. The first-order valence-electron chi connectivity index (χ1n) is 3.57. The lowest BCUT2D eigenvalue weighted by Gasteiger charge is -2.24. The lowest BCUT2D eigenvalue weighted by atomic mass is 10.2. The van der Waals surface area contributed by atoms with E-state index in [1.165, 1.54) is 0 Å². The molecule has 0 rings (SSSR count). The van der Waals surface area contributed by atoms with Gasteiger partial charge in [0.2, 0.25) is 0 Å². The average Bonchev–Trinajstić information content (AvgIpc) is 1.57. The molecule has 0 atom stereocenters. The van der Waals surface area contributed by atoms with Crippen molar-refractivity contribution in [2.45, 2.75) is 52.7 Å². The first-order chi connectivity index (χ1) is 4.21. The Labute approximate surface area is 68.9 Å². The highest BCUT2D eigenvalue weighted by atomic mass is 17.2. The molecule has 0 heterocycles. The molecular weight excluding hydrogens is 144 g/mol. The summed E-state index contributed by atoms with van der Waals surface area (Å²) in [7, 11) is 0. The maximum Gasteiger partial charge on any atom is 0.0952 e. The van der Waals surface area contributed by atoms with Gasteiger partial charge in [-0.2, -0.15) is 0 Å². The van der Waals surface area contributed by atoms with Crippen molar-refractivity contribution < 1.29 is 15.3 Å². The molecule has 3 nitrogen and oxygen atoms in total. The fourth-order valence-corrected chi connectivity index (χ4v) is 0.250. The predicted molar refractivity (Wildman–Crippen MR) is 45.3 cm³/mol. The molecule has 0 saturated heterocycles. The van der Waals surface area contributed by atoms with E-state index >= 15 is 0 Å². The Kier molecular flexibility index (Phi) is 4.95. The molecule has 11 heavy (non-hydrogen) atoms. The minimum atomic E-state index is -0.215. The molecule has 3 heteroatoms. The van der Waals surface area contributed by atoms with Crippen LogP contribution in [0, 0.1) is 0 Å². The van der Waals surface area contributed by atoms with E-state index in [4.69, 9.17) is 9.78 Å². The van der Waals surface area contributed by atoms with Crippen LogP contribution >= 0.6 is 0 Å². The Morgan fingerprint density at radius 3 is 0.909 bits per heavy atom. The largest absolute Gasteiger partial charge is 0.412 e. The van der Waals surface area contributed by atoms with Crippen molar-refractivity contribution in [3.05, 3.63) is 0 Å². The number of hydrogen-bond acceptors (Lipinski definition) is 2. The summed E-state index contributed by atoms with van der Waals surface area (Å²) in [5, 5.41) is 0. The van der Waals surface area contributed by atoms with Crippen LogP contribution in [0.1, 0.15) is 41.5 Å². The predicted octanol–water partition coefficient (Wildman–Crippen LogP) is 1.71. The molecule has 0 unspecified atom stereocenters. The Hall–Kier alpha value is -0.120. The lowest BCUT2D eigenvalue weighted by molar-refractivity contribution is -0.393. The Morgan fingerprint density at radius 2 is 0.818 bits per heavy atom. The summed E-state index contributed by atoms with van der Waals surface area (Å²) in [6.45, 7) is 11.7. The topological polar surface area (TPSA) is 50.0 Å². The van der Waals surface area contributed by atoms with Crippen LogP contribution in [0.5, 0.6) is 0 Å².